The predicted octanol–water partition coefficient (Wildman–Crippen LogP) is 2.43. The molecule has 2 heterocycles. The molecule has 6 heteroatoms. The fraction of sp³-hybridized carbons (Fsp3) is 0. The van der Waals surface area contributed by atoms with Crippen molar-refractivity contribution in [1.82, 2.24) is 19.9 Å². The first kappa shape index (κ1) is 11.0. The maximum Gasteiger partial charge on any atom is 0.161 e. The van der Waals surface area contributed by atoms with Gasteiger partial charge in [0.1, 0.15) is 5.82 Å². The molecule has 0 aliphatic rings. The minimum absolute atomic E-state index is 0.416. The van der Waals surface area contributed by atoms with Gasteiger partial charge in [-0.1, -0.05) is 0 Å². The molecule has 0 unspecified atom stereocenters. The molecule has 2 aromatic heterocycles. The third-order valence-electron chi connectivity index (χ3n) is 2.50. The SMILES string of the molecule is Nc1nc(-c2ccc3nccnc3c2)ncc1Br. The summed E-state index contributed by atoms with van der Waals surface area (Å²) in [6.07, 6.45) is 4.96. The van der Waals surface area contributed by atoms with E-state index < -0.39 is 0 Å². The second kappa shape index (κ2) is 4.30. The fourth-order valence-electron chi connectivity index (χ4n) is 1.62. The van der Waals surface area contributed by atoms with Gasteiger partial charge in [-0.15, -0.1) is 0 Å². The smallest absolute Gasteiger partial charge is 0.161 e. The first-order valence-electron chi connectivity index (χ1n) is 5.23. The molecular weight excluding hydrogens is 294 g/mol. The Morgan fingerprint density at radius 3 is 2.56 bits per heavy atom. The van der Waals surface area contributed by atoms with Crippen LogP contribution in [0, 0.1) is 0 Å². The van der Waals surface area contributed by atoms with Crippen molar-refractivity contribution in [2.45, 2.75) is 0 Å². The van der Waals surface area contributed by atoms with Gasteiger partial charge in [-0.05, 0) is 34.1 Å². The largest absolute Gasteiger partial charge is 0.383 e. The van der Waals surface area contributed by atoms with Crippen molar-refractivity contribution in [3.05, 3.63) is 41.3 Å². The van der Waals surface area contributed by atoms with Crippen LogP contribution in [0.25, 0.3) is 22.4 Å². The summed E-state index contributed by atoms with van der Waals surface area (Å²) in [6, 6.07) is 5.68. The average molecular weight is 302 g/mol. The van der Waals surface area contributed by atoms with Gasteiger partial charge in [0.25, 0.3) is 0 Å². The van der Waals surface area contributed by atoms with Gasteiger partial charge < -0.3 is 5.73 Å². The van der Waals surface area contributed by atoms with Crippen LogP contribution in [0.3, 0.4) is 0 Å². The number of hydrogen-bond donors (Lipinski definition) is 1. The summed E-state index contributed by atoms with van der Waals surface area (Å²) in [5, 5.41) is 0. The zero-order chi connectivity index (χ0) is 12.5. The number of nitrogens with two attached hydrogens (primary N) is 1. The van der Waals surface area contributed by atoms with Crippen LogP contribution in [-0.4, -0.2) is 19.9 Å². The van der Waals surface area contributed by atoms with Crippen molar-refractivity contribution >= 4 is 32.8 Å². The van der Waals surface area contributed by atoms with Crippen LogP contribution in [-0.2, 0) is 0 Å². The van der Waals surface area contributed by atoms with Crippen molar-refractivity contribution in [2.24, 2.45) is 0 Å². The van der Waals surface area contributed by atoms with E-state index in [0.717, 1.165) is 16.6 Å². The zero-order valence-electron chi connectivity index (χ0n) is 9.21. The summed E-state index contributed by atoms with van der Waals surface area (Å²) >= 11 is 3.27. The van der Waals surface area contributed by atoms with Crippen LogP contribution in [0.5, 0.6) is 0 Å². The predicted molar refractivity (Wildman–Crippen MR) is 72.7 cm³/mol. The lowest BCUT2D eigenvalue weighted by molar-refractivity contribution is 1.17. The van der Waals surface area contributed by atoms with E-state index in [-0.39, 0.29) is 0 Å². The van der Waals surface area contributed by atoms with E-state index in [0.29, 0.717) is 16.1 Å². The molecule has 5 nitrogen and oxygen atoms in total. The Hall–Kier alpha value is -2.08. The van der Waals surface area contributed by atoms with Crippen molar-refractivity contribution in [2.75, 3.05) is 5.73 Å². The lowest BCUT2D eigenvalue weighted by Crippen LogP contribution is -1.96. The van der Waals surface area contributed by atoms with Crippen LogP contribution < -0.4 is 5.73 Å². The third kappa shape index (κ3) is 1.91. The Labute approximate surface area is 111 Å². The summed E-state index contributed by atoms with van der Waals surface area (Å²) in [5.41, 5.74) is 8.25. The van der Waals surface area contributed by atoms with E-state index in [1.807, 2.05) is 18.2 Å². The molecule has 88 valence electrons. The Morgan fingerprint density at radius 2 is 1.78 bits per heavy atom. The molecule has 0 aliphatic heterocycles. The minimum atomic E-state index is 0.416. The molecule has 18 heavy (non-hydrogen) atoms. The second-order valence-corrected chi connectivity index (χ2v) is 4.54. The maximum absolute atomic E-state index is 5.74. The van der Waals surface area contributed by atoms with Gasteiger partial charge in [0.15, 0.2) is 5.82 Å². The summed E-state index contributed by atoms with van der Waals surface area (Å²) in [7, 11) is 0. The van der Waals surface area contributed by atoms with E-state index in [2.05, 4.69) is 35.9 Å². The topological polar surface area (TPSA) is 77.6 Å². The van der Waals surface area contributed by atoms with Gasteiger partial charge in [0, 0.05) is 24.2 Å². The molecule has 0 fully saturated rings. The molecule has 3 aromatic rings. The fourth-order valence-corrected chi connectivity index (χ4v) is 1.81. The molecule has 0 spiro atoms. The number of nitrogens with zero attached hydrogens (tertiary/aromatic N) is 4. The molecule has 2 N–H and O–H groups in total. The number of aromatic nitrogens is 4. The van der Waals surface area contributed by atoms with Gasteiger partial charge in [0.2, 0.25) is 0 Å². The van der Waals surface area contributed by atoms with E-state index in [1.165, 1.54) is 0 Å². The Balaban J connectivity index is 2.16. The van der Waals surface area contributed by atoms with E-state index in [1.54, 1.807) is 18.6 Å². The van der Waals surface area contributed by atoms with Gasteiger partial charge in [0.05, 0.1) is 15.5 Å². The number of fused-ring (bicyclic) bond motifs is 1. The summed E-state index contributed by atoms with van der Waals surface area (Å²) in [4.78, 5) is 16.9. The molecule has 0 saturated heterocycles. The highest BCUT2D eigenvalue weighted by atomic mass is 79.9. The Kier molecular flexibility index (Phi) is 2.64. The van der Waals surface area contributed by atoms with Crippen LogP contribution >= 0.6 is 15.9 Å². The quantitative estimate of drug-likeness (QED) is 0.747. The van der Waals surface area contributed by atoms with Crippen molar-refractivity contribution in [3.63, 3.8) is 0 Å². The van der Waals surface area contributed by atoms with Gasteiger partial charge in [-0.25, -0.2) is 9.97 Å². The Bertz CT molecular complexity index is 728. The van der Waals surface area contributed by atoms with Crippen LogP contribution in [0.2, 0.25) is 0 Å². The lowest BCUT2D eigenvalue weighted by atomic mass is 10.2. The van der Waals surface area contributed by atoms with E-state index in [4.69, 9.17) is 5.73 Å². The highest BCUT2D eigenvalue weighted by Crippen LogP contribution is 2.22. The summed E-state index contributed by atoms with van der Waals surface area (Å²) in [5.74, 6) is 0.988. The highest BCUT2D eigenvalue weighted by molar-refractivity contribution is 9.10. The minimum Gasteiger partial charge on any atom is -0.383 e. The third-order valence-corrected chi connectivity index (χ3v) is 3.11. The molecule has 3 rings (SSSR count). The van der Waals surface area contributed by atoms with Crippen LogP contribution in [0.4, 0.5) is 5.82 Å². The number of hydrogen-bond acceptors (Lipinski definition) is 5. The normalized spacial score (nSPS) is 10.7. The number of rotatable bonds is 1. The van der Waals surface area contributed by atoms with Crippen LogP contribution in [0.1, 0.15) is 0 Å². The number of nitrogen functional groups attached to an aromatic ring is 1. The van der Waals surface area contributed by atoms with E-state index in [9.17, 15) is 0 Å². The molecule has 0 radical (unpaired) electrons. The van der Waals surface area contributed by atoms with E-state index >= 15 is 0 Å². The number of anilines is 1. The zero-order valence-corrected chi connectivity index (χ0v) is 10.8. The second-order valence-electron chi connectivity index (χ2n) is 3.69. The van der Waals surface area contributed by atoms with Crippen molar-refractivity contribution in [3.8, 4) is 11.4 Å². The number of halogens is 1. The van der Waals surface area contributed by atoms with Gasteiger partial charge in [-0.2, -0.15) is 0 Å². The molecular formula is C12H8BrN5. The first-order chi connectivity index (χ1) is 8.74. The molecule has 0 amide bonds. The lowest BCUT2D eigenvalue weighted by Gasteiger charge is -2.03. The van der Waals surface area contributed by atoms with Gasteiger partial charge >= 0.3 is 0 Å². The maximum atomic E-state index is 5.74. The van der Waals surface area contributed by atoms with Gasteiger partial charge in [-0.3, -0.25) is 9.97 Å². The Morgan fingerprint density at radius 1 is 1.00 bits per heavy atom. The average Bonchev–Trinajstić information content (AvgIpc) is 2.41. The molecule has 0 atom stereocenters. The molecule has 0 bridgehead atoms. The molecule has 1 aromatic carbocycles. The van der Waals surface area contributed by atoms with Crippen LogP contribution in [0.15, 0.2) is 41.3 Å². The molecule has 0 saturated carbocycles. The summed E-state index contributed by atoms with van der Waals surface area (Å²) in [6.45, 7) is 0. The standard InChI is InChI=1S/C12H8BrN5/c13-8-6-17-12(18-11(8)14)7-1-2-9-10(5-7)16-4-3-15-9/h1-6H,(H2,14,17,18). The first-order valence-corrected chi connectivity index (χ1v) is 6.02. The summed E-state index contributed by atoms with van der Waals surface area (Å²) < 4.78 is 0.687. The van der Waals surface area contributed by atoms with Crippen molar-refractivity contribution < 1.29 is 0 Å². The highest BCUT2D eigenvalue weighted by Gasteiger charge is 2.06. The monoisotopic (exact) mass is 301 g/mol. The molecule has 0 aliphatic carbocycles. The van der Waals surface area contributed by atoms with Crippen molar-refractivity contribution in [1.29, 1.82) is 0 Å². The number of benzene rings is 1.